The highest BCUT2D eigenvalue weighted by molar-refractivity contribution is 6.93. The number of methoxy groups -OCH3 is 4. The van der Waals surface area contributed by atoms with E-state index in [4.69, 9.17) is 23.1 Å². The summed E-state index contributed by atoms with van der Waals surface area (Å²) in [6, 6.07) is 25.6. The summed E-state index contributed by atoms with van der Waals surface area (Å²) in [4.78, 5) is 0. The quantitative estimate of drug-likeness (QED) is 0.190. The molecule has 0 spiro atoms. The summed E-state index contributed by atoms with van der Waals surface area (Å²) in [5.74, 6) is 3.53. The second-order valence-corrected chi connectivity index (χ2v) is 14.5. The van der Waals surface area contributed by atoms with Gasteiger partial charge in [0.1, 0.15) is 23.0 Å². The fraction of sp³-hybridized carbons (Fsp3) is 0.333. The molecule has 5 nitrogen and oxygen atoms in total. The van der Waals surface area contributed by atoms with E-state index < -0.39 is 18.1 Å². The van der Waals surface area contributed by atoms with E-state index in [1.807, 2.05) is 0 Å². The lowest BCUT2D eigenvalue weighted by Crippen LogP contribution is -2.57. The van der Waals surface area contributed by atoms with Gasteiger partial charge in [-0.05, 0) is 47.9 Å². The third-order valence-electron chi connectivity index (χ3n) is 7.91. The average Bonchev–Trinajstić information content (AvgIpc) is 3.07. The Morgan fingerprint density at radius 2 is 0.628 bits per heavy atom. The van der Waals surface area contributed by atoms with Gasteiger partial charge in [0, 0.05) is 20.7 Å². The zero-order valence-electron chi connectivity index (χ0n) is 26.8. The lowest BCUT2D eigenvalue weighted by Gasteiger charge is -2.29. The molecule has 0 saturated heterocycles. The fourth-order valence-corrected chi connectivity index (χ4v) is 11.8. The first-order valence-electron chi connectivity index (χ1n) is 15.1. The van der Waals surface area contributed by atoms with E-state index in [1.165, 1.54) is 0 Å². The Morgan fingerprint density at radius 3 is 0.814 bits per heavy atom. The van der Waals surface area contributed by atoms with E-state index in [-0.39, 0.29) is 0 Å². The molecular weight excluding hydrogens is 569 g/mol. The summed E-state index contributed by atoms with van der Waals surface area (Å²) in [5, 5.41) is 4.27. The normalized spacial score (nSPS) is 11.2. The maximum atomic E-state index is 7.65. The van der Waals surface area contributed by atoms with Crippen LogP contribution in [0.4, 0.5) is 0 Å². The minimum absolute atomic E-state index is 0.856. The van der Waals surface area contributed by atoms with E-state index in [1.54, 1.807) is 28.4 Å². The molecule has 0 N–H and O–H groups in total. The largest absolute Gasteiger partial charge is 0.497 e. The maximum Gasteiger partial charge on any atom is 0.280 e. The Labute approximate surface area is 261 Å². The molecule has 43 heavy (non-hydrogen) atoms. The maximum absolute atomic E-state index is 7.65. The first-order chi connectivity index (χ1) is 21.0. The molecule has 4 rings (SSSR count). The van der Waals surface area contributed by atoms with Gasteiger partial charge in [0.2, 0.25) is 0 Å². The van der Waals surface area contributed by atoms with Gasteiger partial charge in [-0.1, -0.05) is 100 Å². The Balaban J connectivity index is 2.08. The molecule has 0 aliphatic heterocycles. The van der Waals surface area contributed by atoms with Crippen LogP contribution >= 0.6 is 0 Å². The van der Waals surface area contributed by atoms with Crippen molar-refractivity contribution in [2.45, 2.75) is 53.4 Å². The van der Waals surface area contributed by atoms with E-state index in [0.29, 0.717) is 0 Å². The molecule has 4 aromatic rings. The smallest absolute Gasteiger partial charge is 0.280 e. The van der Waals surface area contributed by atoms with Gasteiger partial charge in [0.25, 0.3) is 18.1 Å². The molecule has 4 aromatic carbocycles. The van der Waals surface area contributed by atoms with Gasteiger partial charge < -0.3 is 23.1 Å². The molecular formula is C36H44O5Si2. The van der Waals surface area contributed by atoms with Gasteiger partial charge in [-0.25, -0.2) is 0 Å². The predicted octanol–water partition coefficient (Wildman–Crippen LogP) is 4.90. The second kappa shape index (κ2) is 15.3. The average molecular weight is 613 g/mol. The van der Waals surface area contributed by atoms with Crippen molar-refractivity contribution in [3.8, 4) is 23.0 Å². The van der Waals surface area contributed by atoms with Crippen LogP contribution in [0.3, 0.4) is 0 Å². The molecule has 0 atom stereocenters. The van der Waals surface area contributed by atoms with Crippen LogP contribution in [0, 0.1) is 0 Å². The number of ether oxygens (including phenoxy) is 4. The molecule has 0 saturated carbocycles. The summed E-state index contributed by atoms with van der Waals surface area (Å²) in [6.45, 7) is 8.63. The third kappa shape index (κ3) is 6.54. The van der Waals surface area contributed by atoms with E-state index in [2.05, 4.69) is 100 Å². The molecule has 7 heteroatoms. The van der Waals surface area contributed by atoms with Crippen molar-refractivity contribution in [1.82, 2.24) is 0 Å². The highest BCUT2D eigenvalue weighted by Gasteiger charge is 2.36. The first kappa shape index (κ1) is 32.4. The Morgan fingerprint density at radius 1 is 0.395 bits per heavy atom. The highest BCUT2D eigenvalue weighted by Crippen LogP contribution is 2.25. The SMILES string of the molecule is CCc1cccc([Si](O[Si](c2cccc(CC)c2OC)c2cccc(CC)c2OC)c2cccc(CC)c2OC)c1OC. The Bertz CT molecular complexity index is 1300. The zero-order valence-corrected chi connectivity index (χ0v) is 28.8. The zero-order chi connectivity index (χ0) is 30.9. The second-order valence-electron chi connectivity index (χ2n) is 10.2. The van der Waals surface area contributed by atoms with Crippen molar-refractivity contribution in [2.24, 2.45) is 0 Å². The minimum Gasteiger partial charge on any atom is -0.497 e. The van der Waals surface area contributed by atoms with E-state index in [0.717, 1.165) is 91.7 Å². The highest BCUT2D eigenvalue weighted by atomic mass is 28.4. The molecule has 0 fully saturated rings. The first-order valence-corrected chi connectivity index (χ1v) is 17.9. The van der Waals surface area contributed by atoms with Gasteiger partial charge in [0.15, 0.2) is 0 Å². The molecule has 0 amide bonds. The Hall–Kier alpha value is -3.53. The summed E-state index contributed by atoms with van der Waals surface area (Å²) in [5.41, 5.74) is 4.62. The molecule has 0 heterocycles. The van der Waals surface area contributed by atoms with Crippen molar-refractivity contribution in [3.05, 3.63) is 95.1 Å². The van der Waals surface area contributed by atoms with Crippen molar-refractivity contribution in [2.75, 3.05) is 28.4 Å². The predicted molar refractivity (Wildman–Crippen MR) is 181 cm³/mol. The van der Waals surface area contributed by atoms with Crippen LogP contribution in [-0.2, 0) is 29.8 Å². The van der Waals surface area contributed by atoms with Gasteiger partial charge in [-0.2, -0.15) is 0 Å². The van der Waals surface area contributed by atoms with Crippen molar-refractivity contribution < 1.29 is 23.1 Å². The molecule has 0 aliphatic carbocycles. The molecule has 0 aromatic heterocycles. The number of hydrogen-bond acceptors (Lipinski definition) is 5. The van der Waals surface area contributed by atoms with Crippen LogP contribution in [0.2, 0.25) is 0 Å². The van der Waals surface area contributed by atoms with Crippen molar-refractivity contribution in [1.29, 1.82) is 0 Å². The summed E-state index contributed by atoms with van der Waals surface area (Å²) in [6.07, 6.45) is 3.42. The van der Waals surface area contributed by atoms with E-state index in [9.17, 15) is 0 Å². The van der Waals surface area contributed by atoms with Crippen LogP contribution in [0.15, 0.2) is 72.8 Å². The number of hydrogen-bond donors (Lipinski definition) is 0. The van der Waals surface area contributed by atoms with Gasteiger partial charge in [0.05, 0.1) is 28.4 Å². The van der Waals surface area contributed by atoms with Gasteiger partial charge in [-0.15, -0.1) is 0 Å². The third-order valence-corrected chi connectivity index (χ3v) is 13.1. The molecule has 0 aliphatic rings. The standard InChI is InChI=1S/C36H44O5Si2/c1-9-25-17-13-21-29(33(25)37-5)42(30-22-14-18-26(10-2)34(30)38-6)41-43(31-23-15-19-27(11-3)35(31)39-7)32-24-16-20-28(12-4)36(32)40-8/h13-24H,9-12H2,1-8H3. The van der Waals surface area contributed by atoms with Crippen LogP contribution in [0.1, 0.15) is 49.9 Å². The molecule has 226 valence electrons. The number of aryl methyl sites for hydroxylation is 4. The van der Waals surface area contributed by atoms with Crippen LogP contribution in [0.5, 0.6) is 23.0 Å². The summed E-state index contributed by atoms with van der Waals surface area (Å²) >= 11 is 0. The van der Waals surface area contributed by atoms with Crippen molar-refractivity contribution >= 4 is 38.8 Å². The molecule has 0 unspecified atom stereocenters. The van der Waals surface area contributed by atoms with Crippen LogP contribution < -0.4 is 39.7 Å². The number of para-hydroxylation sites is 4. The number of benzene rings is 4. The summed E-state index contributed by atoms with van der Waals surface area (Å²) in [7, 11) is 3.13. The van der Waals surface area contributed by atoms with Gasteiger partial charge in [-0.3, -0.25) is 0 Å². The number of rotatable bonds is 14. The van der Waals surface area contributed by atoms with Crippen LogP contribution in [-0.4, -0.2) is 46.5 Å². The Kier molecular flexibility index (Phi) is 11.5. The fourth-order valence-electron chi connectivity index (χ4n) is 5.74. The monoisotopic (exact) mass is 612 g/mol. The molecule has 0 bridgehead atoms. The van der Waals surface area contributed by atoms with E-state index >= 15 is 0 Å². The molecule has 2 radical (unpaired) electrons. The van der Waals surface area contributed by atoms with Crippen LogP contribution in [0.25, 0.3) is 0 Å². The topological polar surface area (TPSA) is 46.2 Å². The lowest BCUT2D eigenvalue weighted by molar-refractivity contribution is 0.409. The lowest BCUT2D eigenvalue weighted by atomic mass is 10.1. The summed E-state index contributed by atoms with van der Waals surface area (Å²) < 4.78 is 32.1. The minimum atomic E-state index is -1.94. The van der Waals surface area contributed by atoms with Gasteiger partial charge >= 0.3 is 0 Å². The van der Waals surface area contributed by atoms with Crippen molar-refractivity contribution in [3.63, 3.8) is 0 Å².